The third-order valence-corrected chi connectivity index (χ3v) is 0. The van der Waals surface area contributed by atoms with E-state index in [4.69, 9.17) is 8.68 Å². The van der Waals surface area contributed by atoms with Gasteiger partial charge >= 0.3 is 21.8 Å². The minimum atomic E-state index is -0.167. The summed E-state index contributed by atoms with van der Waals surface area (Å²) in [4.78, 5) is 0. The van der Waals surface area contributed by atoms with Crippen LogP contribution < -0.4 is 0 Å². The van der Waals surface area contributed by atoms with E-state index in [9.17, 15) is 0 Å². The van der Waals surface area contributed by atoms with Crippen LogP contribution >= 0.6 is 0 Å². The molecule has 0 aromatic heterocycles. The van der Waals surface area contributed by atoms with Crippen LogP contribution in [0.1, 0.15) is 13.8 Å². The molecule has 0 aliphatic heterocycles. The van der Waals surface area contributed by atoms with Crippen molar-refractivity contribution < 1.29 is 26.9 Å². The van der Waals surface area contributed by atoms with Gasteiger partial charge in [-0.05, 0) is 13.8 Å². The molecule has 0 unspecified atom stereocenters. The van der Waals surface area contributed by atoms with Gasteiger partial charge in [-0.3, -0.25) is 0 Å². The second-order valence-corrected chi connectivity index (χ2v) is 1.09. The van der Waals surface area contributed by atoms with Crippen molar-refractivity contribution >= 4 is 0 Å². The van der Waals surface area contributed by atoms with Gasteiger partial charge in [-0.1, -0.05) is 0 Å². The normalized spacial score (nSPS) is 7.00. The Labute approximate surface area is 47.5 Å². The molecule has 0 fully saturated rings. The van der Waals surface area contributed by atoms with Crippen LogP contribution in [0, 0.1) is 0 Å². The molecule has 34 valence electrons. The van der Waals surface area contributed by atoms with E-state index >= 15 is 0 Å². The van der Waals surface area contributed by atoms with E-state index in [1.165, 1.54) is 0 Å². The minimum absolute atomic E-state index is 0.125. The average Bonchev–Trinajstić information content (AvgIpc) is 1.41. The summed E-state index contributed by atoms with van der Waals surface area (Å²) in [5, 5.41) is 8.06. The molecule has 0 radical (unpaired) electrons. The molecular formula is C3H8O2Zn. The average molecular weight is 141 g/mol. The first kappa shape index (κ1) is 9.63. The molecule has 0 aromatic carbocycles. The number of hydrogen-bond acceptors (Lipinski definition) is 2. The molecule has 0 heterocycles. The molecule has 0 aliphatic carbocycles. The van der Waals surface area contributed by atoms with E-state index in [1.807, 2.05) is 0 Å². The molecule has 0 saturated carbocycles. The molecular weight excluding hydrogens is 133 g/mol. The topological polar surface area (TPSA) is 37.3 Å². The fourth-order valence-corrected chi connectivity index (χ4v) is 0. The summed E-state index contributed by atoms with van der Waals surface area (Å²) in [6, 6.07) is 0. The van der Waals surface area contributed by atoms with E-state index in [0.29, 0.717) is 0 Å². The predicted molar refractivity (Wildman–Crippen MR) is 18.0 cm³/mol. The van der Waals surface area contributed by atoms with Gasteiger partial charge in [-0.15, -0.1) is 0 Å². The van der Waals surface area contributed by atoms with E-state index < -0.39 is 0 Å². The molecule has 0 aromatic rings. The summed E-state index contributed by atoms with van der Waals surface area (Å²) < 4.78 is 8.38. The summed E-state index contributed by atoms with van der Waals surface area (Å²) in [5.74, 6) is 0. The molecule has 6 heavy (non-hydrogen) atoms. The molecule has 0 rings (SSSR count). The molecule has 0 atom stereocenters. The first-order valence-electron chi connectivity index (χ1n) is 1.70. The van der Waals surface area contributed by atoms with Gasteiger partial charge in [-0.25, -0.2) is 0 Å². The molecule has 0 amide bonds. The molecule has 0 saturated heterocycles. The number of aliphatic hydroxyl groups is 1. The van der Waals surface area contributed by atoms with Gasteiger partial charge < -0.3 is 5.11 Å². The van der Waals surface area contributed by atoms with Crippen molar-refractivity contribution in [1.82, 2.24) is 0 Å². The maximum absolute atomic E-state index is 8.38. The zero-order chi connectivity index (χ0) is 5.58. The van der Waals surface area contributed by atoms with Gasteiger partial charge in [-0.2, -0.15) is 0 Å². The summed E-state index contributed by atoms with van der Waals surface area (Å²) in [6.45, 7) is 3.44. The summed E-state index contributed by atoms with van der Waals surface area (Å²) in [5.41, 5.74) is 0. The Morgan fingerprint density at radius 3 is 1.50 bits per heavy atom. The Morgan fingerprint density at radius 2 is 1.50 bits per heavy atom. The van der Waals surface area contributed by atoms with Crippen molar-refractivity contribution in [3.8, 4) is 0 Å². The van der Waals surface area contributed by atoms with Crippen LogP contribution in [0.25, 0.3) is 0 Å². The Balaban J connectivity index is 0. The predicted octanol–water partition coefficient (Wildman–Crippen LogP) is 0.266. The van der Waals surface area contributed by atoms with Crippen molar-refractivity contribution in [3.05, 3.63) is 0 Å². The van der Waals surface area contributed by atoms with E-state index in [2.05, 4.69) is 0 Å². The standard InChI is InChI=1S/C3H8O.O.Zn/c1-3(2)4;;/h3-4H,1-2H3;;. The van der Waals surface area contributed by atoms with Gasteiger partial charge in [0.1, 0.15) is 0 Å². The van der Waals surface area contributed by atoms with Crippen molar-refractivity contribution in [3.63, 3.8) is 0 Å². The molecule has 3 heteroatoms. The van der Waals surface area contributed by atoms with Crippen LogP contribution in [0.2, 0.25) is 0 Å². The van der Waals surface area contributed by atoms with E-state index in [-0.39, 0.29) is 24.4 Å². The first-order chi connectivity index (χ1) is 2.73. The zero-order valence-corrected chi connectivity index (χ0v) is 7.11. The number of rotatable bonds is 0. The van der Waals surface area contributed by atoms with Gasteiger partial charge in [0.05, 0.1) is 0 Å². The second-order valence-electron chi connectivity index (χ2n) is 1.09. The summed E-state index contributed by atoms with van der Waals surface area (Å²) in [7, 11) is 0. The summed E-state index contributed by atoms with van der Waals surface area (Å²) in [6.07, 6.45) is -0.167. The monoisotopic (exact) mass is 140 g/mol. The van der Waals surface area contributed by atoms with Gasteiger partial charge in [0.15, 0.2) is 0 Å². The van der Waals surface area contributed by atoms with Crippen LogP contribution in [0.4, 0.5) is 0 Å². The van der Waals surface area contributed by atoms with Crippen molar-refractivity contribution in [2.45, 2.75) is 20.0 Å². The number of hydrogen-bond donors (Lipinski definition) is 1. The Hall–Kier alpha value is 0.383. The fourth-order valence-electron chi connectivity index (χ4n) is 0. The zero-order valence-electron chi connectivity index (χ0n) is 4.14. The third-order valence-electron chi connectivity index (χ3n) is 0. The second kappa shape index (κ2) is 9.04. The molecule has 1 N–H and O–H groups in total. The van der Waals surface area contributed by atoms with E-state index in [1.54, 1.807) is 13.8 Å². The van der Waals surface area contributed by atoms with Crippen molar-refractivity contribution in [2.24, 2.45) is 0 Å². The Kier molecular flexibility index (Phi) is 14.5. The molecule has 0 bridgehead atoms. The van der Waals surface area contributed by atoms with Crippen molar-refractivity contribution in [1.29, 1.82) is 0 Å². The van der Waals surface area contributed by atoms with Crippen LogP contribution in [0.15, 0.2) is 0 Å². The van der Waals surface area contributed by atoms with Crippen LogP contribution in [-0.4, -0.2) is 11.2 Å². The Bertz CT molecular complexity index is 20.0. The quantitative estimate of drug-likeness (QED) is 0.492. The van der Waals surface area contributed by atoms with Crippen molar-refractivity contribution in [2.75, 3.05) is 0 Å². The molecule has 2 nitrogen and oxygen atoms in total. The van der Waals surface area contributed by atoms with Crippen LogP contribution in [-0.2, 0) is 21.8 Å². The maximum atomic E-state index is 8.38. The Morgan fingerprint density at radius 1 is 1.50 bits per heavy atom. The van der Waals surface area contributed by atoms with Crippen LogP contribution in [0.5, 0.6) is 0 Å². The fraction of sp³-hybridized carbons (Fsp3) is 1.00. The number of aliphatic hydroxyl groups excluding tert-OH is 1. The third kappa shape index (κ3) is 341. The summed E-state index contributed by atoms with van der Waals surface area (Å²) >= 11 is 0.125. The van der Waals surface area contributed by atoms with Gasteiger partial charge in [0.2, 0.25) is 0 Å². The SMILES string of the molecule is CC(C)O.[O]=[Zn]. The first-order valence-corrected chi connectivity index (χ1v) is 2.91. The van der Waals surface area contributed by atoms with Gasteiger partial charge in [0.25, 0.3) is 0 Å². The molecule has 0 aliphatic rings. The van der Waals surface area contributed by atoms with E-state index in [0.717, 1.165) is 0 Å². The van der Waals surface area contributed by atoms with Gasteiger partial charge in [0, 0.05) is 6.10 Å². The molecule has 0 spiro atoms. The van der Waals surface area contributed by atoms with Crippen LogP contribution in [0.3, 0.4) is 0 Å².